The van der Waals surface area contributed by atoms with Gasteiger partial charge in [0.1, 0.15) is 17.3 Å². The van der Waals surface area contributed by atoms with Crippen molar-refractivity contribution < 1.29 is 17.9 Å². The van der Waals surface area contributed by atoms with E-state index in [1.165, 1.54) is 4.31 Å². The van der Waals surface area contributed by atoms with E-state index in [4.69, 9.17) is 9.47 Å². The maximum atomic E-state index is 14.0. The lowest BCUT2D eigenvalue weighted by Crippen LogP contribution is -2.44. The number of pyridine rings is 1. The average molecular weight is 461 g/mol. The number of hydrogen-bond acceptors (Lipinski definition) is 5. The molecule has 1 aliphatic rings. The van der Waals surface area contributed by atoms with Gasteiger partial charge in [0.25, 0.3) is 0 Å². The molecule has 1 aromatic heterocycles. The zero-order chi connectivity index (χ0) is 22.7. The first kappa shape index (κ1) is 21.6. The molecule has 7 heteroatoms. The van der Waals surface area contributed by atoms with Gasteiger partial charge in [-0.2, -0.15) is 4.31 Å². The van der Waals surface area contributed by atoms with Crippen LogP contribution in [0.15, 0.2) is 96.0 Å². The van der Waals surface area contributed by atoms with E-state index < -0.39 is 16.1 Å². The zero-order valence-electron chi connectivity index (χ0n) is 18.0. The van der Waals surface area contributed by atoms with Gasteiger partial charge >= 0.3 is 0 Å². The monoisotopic (exact) mass is 460 g/mol. The van der Waals surface area contributed by atoms with E-state index in [9.17, 15) is 8.42 Å². The summed E-state index contributed by atoms with van der Waals surface area (Å²) in [6.45, 7) is 0.999. The molecule has 0 fully saturated rings. The normalized spacial score (nSPS) is 16.7. The van der Waals surface area contributed by atoms with Crippen molar-refractivity contribution in [1.29, 1.82) is 0 Å². The van der Waals surface area contributed by atoms with Crippen LogP contribution in [0.25, 0.3) is 10.9 Å². The number of fused-ring (bicyclic) bond motifs is 2. The third kappa shape index (κ3) is 4.48. The Labute approximate surface area is 193 Å². The molecule has 168 valence electrons. The maximum absolute atomic E-state index is 14.0. The van der Waals surface area contributed by atoms with Crippen LogP contribution in [0.2, 0.25) is 0 Å². The van der Waals surface area contributed by atoms with E-state index in [-0.39, 0.29) is 24.7 Å². The molecule has 0 saturated carbocycles. The summed E-state index contributed by atoms with van der Waals surface area (Å²) < 4.78 is 41.4. The molecule has 0 radical (unpaired) electrons. The molecule has 0 aliphatic carbocycles. The van der Waals surface area contributed by atoms with Crippen LogP contribution in [0, 0.1) is 0 Å². The van der Waals surface area contributed by atoms with E-state index in [0.29, 0.717) is 17.9 Å². The zero-order valence-corrected chi connectivity index (χ0v) is 18.8. The molecule has 1 unspecified atom stereocenters. The highest BCUT2D eigenvalue weighted by Gasteiger charge is 2.36. The number of benzene rings is 3. The minimum Gasteiger partial charge on any atom is -0.491 e. The van der Waals surface area contributed by atoms with Gasteiger partial charge in [-0.05, 0) is 23.8 Å². The highest BCUT2D eigenvalue weighted by molar-refractivity contribution is 7.89. The van der Waals surface area contributed by atoms with Crippen LogP contribution in [0.5, 0.6) is 5.75 Å². The summed E-state index contributed by atoms with van der Waals surface area (Å²) in [7, 11) is -3.89. The summed E-state index contributed by atoms with van der Waals surface area (Å²) in [4.78, 5) is 4.56. The van der Waals surface area contributed by atoms with Crippen LogP contribution in [-0.2, 0) is 27.9 Å². The smallest absolute Gasteiger partial charge is 0.246 e. The molecule has 6 nitrogen and oxygen atoms in total. The first-order valence-corrected chi connectivity index (χ1v) is 12.2. The topological polar surface area (TPSA) is 68.7 Å². The molecule has 33 heavy (non-hydrogen) atoms. The lowest BCUT2D eigenvalue weighted by atomic mass is 10.2. The largest absolute Gasteiger partial charge is 0.491 e. The van der Waals surface area contributed by atoms with Crippen molar-refractivity contribution >= 4 is 20.9 Å². The van der Waals surface area contributed by atoms with Crippen molar-refractivity contribution in [2.24, 2.45) is 0 Å². The summed E-state index contributed by atoms with van der Waals surface area (Å²) in [5.41, 5.74) is 2.31. The summed E-state index contributed by atoms with van der Waals surface area (Å²) in [5.74, 6) is 0.694. The summed E-state index contributed by atoms with van der Waals surface area (Å²) in [6, 6.07) is 25.8. The summed E-state index contributed by atoms with van der Waals surface area (Å²) in [6.07, 6.45) is 1.61. The standard InChI is InChI=1S/C26H24N2O4S/c29-33(30,25-14-6-11-21-12-7-15-27-26(21)25)28-16-22-10-4-5-13-24(22)32-19-23(28)18-31-17-20-8-2-1-3-9-20/h1-15,23H,16-19H2. The minimum atomic E-state index is -3.89. The van der Waals surface area contributed by atoms with Crippen LogP contribution in [-0.4, -0.2) is 37.0 Å². The van der Waals surface area contributed by atoms with E-state index >= 15 is 0 Å². The number of rotatable bonds is 6. The molecule has 1 atom stereocenters. The SMILES string of the molecule is O=S(=O)(c1cccc2cccnc12)N1Cc2ccccc2OCC1COCc1ccccc1. The second-order valence-corrected chi connectivity index (χ2v) is 9.81. The number of ether oxygens (including phenoxy) is 2. The van der Waals surface area contributed by atoms with Gasteiger partial charge in [-0.15, -0.1) is 0 Å². The van der Waals surface area contributed by atoms with Gasteiger partial charge in [0.2, 0.25) is 10.0 Å². The van der Waals surface area contributed by atoms with E-state index in [1.54, 1.807) is 24.4 Å². The minimum absolute atomic E-state index is 0.188. The summed E-state index contributed by atoms with van der Waals surface area (Å²) >= 11 is 0. The van der Waals surface area contributed by atoms with E-state index in [2.05, 4.69) is 4.98 Å². The Hall–Kier alpha value is -3.26. The third-order valence-corrected chi connectivity index (χ3v) is 7.67. The van der Waals surface area contributed by atoms with Crippen molar-refractivity contribution in [3.63, 3.8) is 0 Å². The van der Waals surface area contributed by atoms with Crippen LogP contribution in [0.4, 0.5) is 0 Å². The molecule has 0 spiro atoms. The lowest BCUT2D eigenvalue weighted by Gasteiger charge is -2.28. The number of aromatic nitrogens is 1. The van der Waals surface area contributed by atoms with Gasteiger partial charge in [0.15, 0.2) is 0 Å². The van der Waals surface area contributed by atoms with Gasteiger partial charge < -0.3 is 9.47 Å². The molecule has 3 aromatic carbocycles. The molecular weight excluding hydrogens is 436 g/mol. The van der Waals surface area contributed by atoms with E-state index in [1.807, 2.05) is 66.7 Å². The molecule has 0 amide bonds. The Morgan fingerprint density at radius 3 is 2.61 bits per heavy atom. The van der Waals surface area contributed by atoms with Gasteiger partial charge in [-0.3, -0.25) is 4.98 Å². The lowest BCUT2D eigenvalue weighted by molar-refractivity contribution is 0.0606. The first-order chi connectivity index (χ1) is 16.1. The molecule has 2 heterocycles. The quantitative estimate of drug-likeness (QED) is 0.427. The van der Waals surface area contributed by atoms with Crippen molar-refractivity contribution in [3.05, 3.63) is 102 Å². The molecule has 4 aromatic rings. The van der Waals surface area contributed by atoms with Crippen LogP contribution in [0.1, 0.15) is 11.1 Å². The Morgan fingerprint density at radius 2 is 1.73 bits per heavy atom. The molecular formula is C26H24N2O4S. The molecule has 0 bridgehead atoms. The number of sulfonamides is 1. The van der Waals surface area contributed by atoms with Crippen molar-refractivity contribution in [1.82, 2.24) is 9.29 Å². The van der Waals surface area contributed by atoms with E-state index in [0.717, 1.165) is 16.5 Å². The van der Waals surface area contributed by atoms with Gasteiger partial charge in [-0.25, -0.2) is 8.42 Å². The third-order valence-electron chi connectivity index (χ3n) is 5.74. The predicted molar refractivity (Wildman–Crippen MR) is 126 cm³/mol. The molecule has 0 N–H and O–H groups in total. The second kappa shape index (κ2) is 9.31. The van der Waals surface area contributed by atoms with Crippen molar-refractivity contribution in [3.8, 4) is 5.75 Å². The number of nitrogens with zero attached hydrogens (tertiary/aromatic N) is 2. The van der Waals surface area contributed by atoms with Crippen molar-refractivity contribution in [2.75, 3.05) is 13.2 Å². The Balaban J connectivity index is 1.49. The van der Waals surface area contributed by atoms with Crippen LogP contribution in [0.3, 0.4) is 0 Å². The Kier molecular flexibility index (Phi) is 6.09. The fraction of sp³-hybridized carbons (Fsp3) is 0.192. The first-order valence-electron chi connectivity index (χ1n) is 10.8. The van der Waals surface area contributed by atoms with Crippen molar-refractivity contribution in [2.45, 2.75) is 24.1 Å². The number of hydrogen-bond donors (Lipinski definition) is 0. The highest BCUT2D eigenvalue weighted by atomic mass is 32.2. The van der Waals surface area contributed by atoms with Gasteiger partial charge in [-0.1, -0.05) is 66.7 Å². The average Bonchev–Trinajstić information content (AvgIpc) is 3.04. The fourth-order valence-corrected chi connectivity index (χ4v) is 5.79. The second-order valence-electron chi connectivity index (χ2n) is 7.95. The number of para-hydroxylation sites is 2. The fourth-order valence-electron chi connectivity index (χ4n) is 4.05. The van der Waals surface area contributed by atoms with Crippen LogP contribution < -0.4 is 4.74 Å². The molecule has 1 aliphatic heterocycles. The van der Waals surface area contributed by atoms with Gasteiger partial charge in [0.05, 0.1) is 24.8 Å². The predicted octanol–water partition coefficient (Wildman–Crippen LogP) is 4.40. The summed E-state index contributed by atoms with van der Waals surface area (Å²) in [5, 5.41) is 0.780. The Morgan fingerprint density at radius 1 is 0.939 bits per heavy atom. The molecule has 5 rings (SSSR count). The van der Waals surface area contributed by atoms with Crippen LogP contribution >= 0.6 is 0 Å². The molecule has 0 saturated heterocycles. The van der Waals surface area contributed by atoms with Gasteiger partial charge in [0, 0.05) is 23.7 Å². The highest BCUT2D eigenvalue weighted by Crippen LogP contribution is 2.31. The Bertz CT molecular complexity index is 1350. The maximum Gasteiger partial charge on any atom is 0.246 e.